The van der Waals surface area contributed by atoms with Crippen molar-refractivity contribution in [3.8, 4) is 0 Å². The first-order chi connectivity index (χ1) is 12.3. The quantitative estimate of drug-likeness (QED) is 0.618. The highest BCUT2D eigenvalue weighted by Crippen LogP contribution is 2.19. The molecular formula is C20H32N2O4. The first-order valence-corrected chi connectivity index (χ1v) is 9.43. The van der Waals surface area contributed by atoms with Crippen molar-refractivity contribution in [3.05, 3.63) is 35.9 Å². The van der Waals surface area contributed by atoms with Crippen molar-refractivity contribution in [3.63, 3.8) is 0 Å². The third-order valence-corrected chi connectivity index (χ3v) is 4.31. The fourth-order valence-electron chi connectivity index (χ4n) is 3.01. The zero-order valence-corrected chi connectivity index (χ0v) is 16.0. The number of benzene rings is 1. The average Bonchev–Trinajstić information content (AvgIpc) is 3.06. The van der Waals surface area contributed by atoms with E-state index >= 15 is 0 Å². The van der Waals surface area contributed by atoms with Crippen LogP contribution in [0.4, 0.5) is 4.79 Å². The fraction of sp³-hybridized carbons (Fsp3) is 0.650. The number of aliphatic hydroxyl groups excluding tert-OH is 1. The molecule has 0 aliphatic heterocycles. The minimum atomic E-state index is -0.802. The third kappa shape index (κ3) is 7.72. The number of carbonyl (C=O) groups is 1. The lowest BCUT2D eigenvalue weighted by Gasteiger charge is -2.27. The van der Waals surface area contributed by atoms with Gasteiger partial charge in [-0.3, -0.25) is 4.84 Å². The van der Waals surface area contributed by atoms with Crippen LogP contribution in [0.5, 0.6) is 0 Å². The van der Waals surface area contributed by atoms with E-state index in [2.05, 4.69) is 10.8 Å². The van der Waals surface area contributed by atoms with Crippen molar-refractivity contribution in [2.24, 2.45) is 0 Å². The predicted octanol–water partition coefficient (Wildman–Crippen LogP) is 2.95. The van der Waals surface area contributed by atoms with Crippen molar-refractivity contribution in [1.29, 1.82) is 0 Å². The molecule has 6 nitrogen and oxygen atoms in total. The van der Waals surface area contributed by atoms with Crippen LogP contribution in [0.15, 0.2) is 30.3 Å². The Hall–Kier alpha value is -1.63. The Morgan fingerprint density at radius 3 is 2.50 bits per heavy atom. The maximum absolute atomic E-state index is 12.2. The van der Waals surface area contributed by atoms with Crippen LogP contribution in [0.2, 0.25) is 0 Å². The molecule has 1 aromatic rings. The Morgan fingerprint density at radius 2 is 1.88 bits per heavy atom. The van der Waals surface area contributed by atoms with Gasteiger partial charge >= 0.3 is 6.09 Å². The highest BCUT2D eigenvalue weighted by Gasteiger charge is 2.25. The van der Waals surface area contributed by atoms with Crippen molar-refractivity contribution in [2.45, 2.75) is 76.7 Å². The molecule has 0 heterocycles. The lowest BCUT2D eigenvalue weighted by molar-refractivity contribution is -0.0418. The molecule has 1 aliphatic rings. The second-order valence-electron chi connectivity index (χ2n) is 7.88. The molecule has 0 bridgehead atoms. The number of rotatable bonds is 8. The first kappa shape index (κ1) is 20.7. The maximum Gasteiger partial charge on any atom is 0.407 e. The summed E-state index contributed by atoms with van der Waals surface area (Å²) in [6.45, 7) is 5.68. The van der Waals surface area contributed by atoms with E-state index in [0.29, 0.717) is 6.42 Å². The van der Waals surface area contributed by atoms with Crippen LogP contribution in [-0.2, 0) is 16.0 Å². The topological polar surface area (TPSA) is 79.8 Å². The standard InChI is InChI=1S/C20H32N2O4/c1-20(2,3)25-19(24)22-17(13-15-9-5-4-6-10-15)18(23)14-21-26-16-11-7-8-12-16/h4-6,9-10,16-18,21,23H,7-8,11-14H2,1-3H3,(H,22,24)/t17-,18-/m0/s1. The van der Waals surface area contributed by atoms with Crippen LogP contribution in [0, 0.1) is 0 Å². The number of amides is 1. The van der Waals surface area contributed by atoms with Gasteiger partial charge < -0.3 is 15.2 Å². The molecular weight excluding hydrogens is 332 g/mol. The summed E-state index contributed by atoms with van der Waals surface area (Å²) in [5.41, 5.74) is 3.32. The molecule has 0 spiro atoms. The molecule has 26 heavy (non-hydrogen) atoms. The first-order valence-electron chi connectivity index (χ1n) is 9.43. The van der Waals surface area contributed by atoms with Crippen molar-refractivity contribution in [2.75, 3.05) is 6.54 Å². The van der Waals surface area contributed by atoms with Crippen LogP contribution in [0.3, 0.4) is 0 Å². The second-order valence-corrected chi connectivity index (χ2v) is 7.88. The number of aliphatic hydroxyl groups is 1. The van der Waals surface area contributed by atoms with Crippen molar-refractivity contribution < 1.29 is 19.5 Å². The molecule has 1 fully saturated rings. The molecule has 2 atom stereocenters. The summed E-state index contributed by atoms with van der Waals surface area (Å²) < 4.78 is 5.33. The van der Waals surface area contributed by atoms with Gasteiger partial charge in [0.25, 0.3) is 0 Å². The Morgan fingerprint density at radius 1 is 1.23 bits per heavy atom. The van der Waals surface area contributed by atoms with E-state index in [4.69, 9.17) is 9.57 Å². The molecule has 3 N–H and O–H groups in total. The van der Waals surface area contributed by atoms with Crippen LogP contribution < -0.4 is 10.8 Å². The van der Waals surface area contributed by atoms with E-state index in [0.717, 1.165) is 18.4 Å². The van der Waals surface area contributed by atoms with Gasteiger partial charge in [0.1, 0.15) is 5.60 Å². The summed E-state index contributed by atoms with van der Waals surface area (Å²) in [7, 11) is 0. The molecule has 0 aromatic heterocycles. The number of hydrogen-bond acceptors (Lipinski definition) is 5. The number of hydroxylamine groups is 1. The van der Waals surface area contributed by atoms with Gasteiger partial charge in [0.05, 0.1) is 18.2 Å². The Kier molecular flexibility index (Phi) is 7.87. The number of carbonyl (C=O) groups excluding carboxylic acids is 1. The average molecular weight is 364 g/mol. The number of alkyl carbamates (subject to hydrolysis) is 1. The van der Waals surface area contributed by atoms with Crippen LogP contribution in [0.25, 0.3) is 0 Å². The lowest BCUT2D eigenvalue weighted by atomic mass is 10.0. The molecule has 0 radical (unpaired) electrons. The highest BCUT2D eigenvalue weighted by atomic mass is 16.7. The Bertz CT molecular complexity index is 538. The Balaban J connectivity index is 1.90. The number of ether oxygens (including phenoxy) is 1. The summed E-state index contributed by atoms with van der Waals surface area (Å²) in [6.07, 6.45) is 3.86. The van der Waals surface area contributed by atoms with Crippen molar-refractivity contribution in [1.82, 2.24) is 10.8 Å². The molecule has 1 aliphatic carbocycles. The smallest absolute Gasteiger partial charge is 0.407 e. The summed E-state index contributed by atoms with van der Waals surface area (Å²) in [5, 5.41) is 13.4. The van der Waals surface area contributed by atoms with Crippen LogP contribution in [0.1, 0.15) is 52.0 Å². The second kappa shape index (κ2) is 9.90. The predicted molar refractivity (Wildman–Crippen MR) is 101 cm³/mol. The molecule has 1 amide bonds. The molecule has 146 valence electrons. The maximum atomic E-state index is 12.2. The molecule has 6 heteroatoms. The fourth-order valence-corrected chi connectivity index (χ4v) is 3.01. The lowest BCUT2D eigenvalue weighted by Crippen LogP contribution is -2.50. The minimum absolute atomic E-state index is 0.216. The summed E-state index contributed by atoms with van der Waals surface area (Å²) in [4.78, 5) is 17.8. The molecule has 0 saturated heterocycles. The van der Waals surface area contributed by atoms with Gasteiger partial charge in [-0.15, -0.1) is 0 Å². The molecule has 1 aromatic carbocycles. The van der Waals surface area contributed by atoms with Crippen LogP contribution in [-0.4, -0.2) is 41.6 Å². The highest BCUT2D eigenvalue weighted by molar-refractivity contribution is 5.68. The van der Waals surface area contributed by atoms with Gasteiger partial charge in [0.2, 0.25) is 0 Å². The largest absolute Gasteiger partial charge is 0.444 e. The van der Waals surface area contributed by atoms with Gasteiger partial charge in [-0.2, -0.15) is 5.48 Å². The van der Waals surface area contributed by atoms with E-state index in [9.17, 15) is 9.90 Å². The zero-order valence-electron chi connectivity index (χ0n) is 16.0. The van der Waals surface area contributed by atoms with Crippen LogP contribution >= 0.6 is 0 Å². The Labute approximate surface area is 156 Å². The zero-order chi connectivity index (χ0) is 19.0. The van der Waals surface area contributed by atoms with E-state index < -0.39 is 23.8 Å². The summed E-state index contributed by atoms with van der Waals surface area (Å²) >= 11 is 0. The van der Waals surface area contributed by atoms with Gasteiger partial charge in [0.15, 0.2) is 0 Å². The summed E-state index contributed by atoms with van der Waals surface area (Å²) in [6, 6.07) is 9.28. The van der Waals surface area contributed by atoms with E-state index in [1.54, 1.807) is 0 Å². The monoisotopic (exact) mass is 364 g/mol. The minimum Gasteiger partial charge on any atom is -0.444 e. The van der Waals surface area contributed by atoms with Gasteiger partial charge in [0, 0.05) is 6.54 Å². The SMILES string of the molecule is CC(C)(C)OC(=O)N[C@@H](Cc1ccccc1)[C@@H](O)CNOC1CCCC1. The van der Waals surface area contributed by atoms with Gasteiger partial charge in [-0.05, 0) is 45.6 Å². The van der Waals surface area contributed by atoms with E-state index in [-0.39, 0.29) is 12.6 Å². The third-order valence-electron chi connectivity index (χ3n) is 4.31. The van der Waals surface area contributed by atoms with Gasteiger partial charge in [-0.25, -0.2) is 4.79 Å². The van der Waals surface area contributed by atoms with E-state index in [1.807, 2.05) is 51.1 Å². The normalized spacial score (nSPS) is 17.7. The number of hydrogen-bond donors (Lipinski definition) is 3. The van der Waals surface area contributed by atoms with Crippen molar-refractivity contribution >= 4 is 6.09 Å². The number of nitrogens with one attached hydrogen (secondary N) is 2. The van der Waals surface area contributed by atoms with Gasteiger partial charge in [-0.1, -0.05) is 43.2 Å². The molecule has 1 saturated carbocycles. The molecule has 0 unspecified atom stereocenters. The summed E-state index contributed by atoms with van der Waals surface area (Å²) in [5.74, 6) is 0. The van der Waals surface area contributed by atoms with E-state index in [1.165, 1.54) is 12.8 Å². The molecule has 2 rings (SSSR count).